The lowest BCUT2D eigenvalue weighted by Crippen LogP contribution is -2.46. The van der Waals surface area contributed by atoms with Crippen LogP contribution in [-0.4, -0.2) is 27.5 Å². The van der Waals surface area contributed by atoms with Crippen LogP contribution >= 0.6 is 0 Å². The molecule has 0 aromatic heterocycles. The maximum atomic E-state index is 12.5. The molecule has 5 nitrogen and oxygen atoms in total. The molecule has 0 amide bonds. The number of para-hydroxylation sites is 1. The maximum Gasteiger partial charge on any atom is 0.301 e. The lowest BCUT2D eigenvalue weighted by molar-refractivity contribution is 0.487. The molecule has 3 rings (SSSR count). The van der Waals surface area contributed by atoms with Crippen molar-refractivity contribution in [2.45, 2.75) is 44.7 Å². The zero-order chi connectivity index (χ0) is 14.9. The fourth-order valence-electron chi connectivity index (χ4n) is 2.79. The summed E-state index contributed by atoms with van der Waals surface area (Å²) >= 11 is 0. The topological polar surface area (TPSA) is 61.4 Å². The van der Waals surface area contributed by atoms with E-state index in [1.54, 1.807) is 0 Å². The average molecular weight is 309 g/mol. The molecule has 21 heavy (non-hydrogen) atoms. The van der Waals surface area contributed by atoms with Gasteiger partial charge in [-0.1, -0.05) is 25.1 Å². The van der Waals surface area contributed by atoms with Crippen molar-refractivity contribution in [3.05, 3.63) is 29.8 Å². The van der Waals surface area contributed by atoms with E-state index < -0.39 is 10.2 Å². The van der Waals surface area contributed by atoms with E-state index in [-0.39, 0.29) is 12.1 Å². The number of hydrogen-bond acceptors (Lipinski definition) is 3. The smallest absolute Gasteiger partial charge is 0.301 e. The Hall–Kier alpha value is -1.11. The number of anilines is 1. The van der Waals surface area contributed by atoms with Crippen molar-refractivity contribution in [3.8, 4) is 0 Å². The van der Waals surface area contributed by atoms with Crippen LogP contribution in [0.1, 0.15) is 44.2 Å². The molecule has 1 aromatic carbocycles. The van der Waals surface area contributed by atoms with Gasteiger partial charge in [-0.15, -0.1) is 0 Å². The van der Waals surface area contributed by atoms with E-state index >= 15 is 0 Å². The van der Waals surface area contributed by atoms with Gasteiger partial charge in [0.15, 0.2) is 0 Å². The van der Waals surface area contributed by atoms with Gasteiger partial charge in [-0.3, -0.25) is 4.31 Å². The molecule has 1 aliphatic heterocycles. The van der Waals surface area contributed by atoms with Gasteiger partial charge < -0.3 is 5.32 Å². The van der Waals surface area contributed by atoms with Crippen LogP contribution in [0, 0.1) is 0 Å². The van der Waals surface area contributed by atoms with Gasteiger partial charge in [0.25, 0.3) is 0 Å². The van der Waals surface area contributed by atoms with Crippen molar-refractivity contribution >= 4 is 15.9 Å². The Morgan fingerprint density at radius 3 is 2.71 bits per heavy atom. The second-order valence-electron chi connectivity index (χ2n) is 5.82. The molecule has 0 spiro atoms. The van der Waals surface area contributed by atoms with Gasteiger partial charge in [-0.25, -0.2) is 0 Å². The van der Waals surface area contributed by atoms with Crippen molar-refractivity contribution < 1.29 is 8.42 Å². The predicted octanol–water partition coefficient (Wildman–Crippen LogP) is 1.93. The summed E-state index contributed by atoms with van der Waals surface area (Å²) in [4.78, 5) is 0. The van der Waals surface area contributed by atoms with Crippen LogP contribution in [0.3, 0.4) is 0 Å². The Kier molecular flexibility index (Phi) is 4.19. The average Bonchev–Trinajstić information content (AvgIpc) is 3.27. The molecular formula is C15H23N3O2S. The Morgan fingerprint density at radius 1 is 1.24 bits per heavy atom. The molecule has 1 heterocycles. The first-order valence-electron chi connectivity index (χ1n) is 7.74. The lowest BCUT2D eigenvalue weighted by atomic mass is 9.98. The van der Waals surface area contributed by atoms with Crippen molar-refractivity contribution in [1.29, 1.82) is 0 Å². The summed E-state index contributed by atoms with van der Waals surface area (Å²) in [5.41, 5.74) is 1.89. The fourth-order valence-corrected chi connectivity index (χ4v) is 4.34. The molecule has 0 saturated heterocycles. The highest BCUT2D eigenvalue weighted by Gasteiger charge is 2.35. The van der Waals surface area contributed by atoms with E-state index in [9.17, 15) is 8.42 Å². The van der Waals surface area contributed by atoms with E-state index in [0.29, 0.717) is 6.54 Å². The Balaban J connectivity index is 1.86. The minimum atomic E-state index is -3.42. The SMILES string of the molecule is CCCNC1CCN(S(=O)(=O)NC2CC2)c2ccccc21. The Bertz CT molecular complexity index is 599. The molecular weight excluding hydrogens is 286 g/mol. The molecule has 6 heteroatoms. The largest absolute Gasteiger partial charge is 0.310 e. The standard InChI is InChI=1S/C15H23N3O2S/c1-2-10-16-14-9-11-18(15-6-4-3-5-13(14)15)21(19,20)17-12-7-8-12/h3-6,12,14,16-17H,2,7-11H2,1H3. The van der Waals surface area contributed by atoms with E-state index in [1.165, 1.54) is 4.31 Å². The quantitative estimate of drug-likeness (QED) is 0.844. The van der Waals surface area contributed by atoms with E-state index in [4.69, 9.17) is 0 Å². The third kappa shape index (κ3) is 3.22. The van der Waals surface area contributed by atoms with Crippen molar-refractivity contribution in [1.82, 2.24) is 10.0 Å². The first-order chi connectivity index (χ1) is 10.1. The number of nitrogens with one attached hydrogen (secondary N) is 2. The lowest BCUT2D eigenvalue weighted by Gasteiger charge is -2.35. The maximum absolute atomic E-state index is 12.5. The van der Waals surface area contributed by atoms with E-state index in [0.717, 1.165) is 43.5 Å². The zero-order valence-electron chi connectivity index (χ0n) is 12.4. The molecule has 116 valence electrons. The van der Waals surface area contributed by atoms with E-state index in [2.05, 4.69) is 17.0 Å². The second-order valence-corrected chi connectivity index (χ2v) is 7.45. The zero-order valence-corrected chi connectivity index (χ0v) is 13.2. The van der Waals surface area contributed by atoms with Crippen molar-refractivity contribution in [2.24, 2.45) is 0 Å². The highest BCUT2D eigenvalue weighted by atomic mass is 32.2. The number of benzene rings is 1. The molecule has 1 fully saturated rings. The van der Waals surface area contributed by atoms with Crippen LogP contribution in [0.25, 0.3) is 0 Å². The summed E-state index contributed by atoms with van der Waals surface area (Å²) in [5.74, 6) is 0. The van der Waals surface area contributed by atoms with Gasteiger partial charge in [-0.2, -0.15) is 13.1 Å². The summed E-state index contributed by atoms with van der Waals surface area (Å²) in [6.45, 7) is 3.62. The predicted molar refractivity (Wildman–Crippen MR) is 84.5 cm³/mol. The van der Waals surface area contributed by atoms with Crippen molar-refractivity contribution in [2.75, 3.05) is 17.4 Å². The molecule has 0 bridgehead atoms. The molecule has 1 aromatic rings. The third-order valence-electron chi connectivity index (χ3n) is 4.03. The van der Waals surface area contributed by atoms with Crippen LogP contribution in [0.4, 0.5) is 5.69 Å². The van der Waals surface area contributed by atoms with E-state index in [1.807, 2.05) is 24.3 Å². The van der Waals surface area contributed by atoms with Crippen LogP contribution < -0.4 is 14.3 Å². The van der Waals surface area contributed by atoms with Gasteiger partial charge in [0.1, 0.15) is 0 Å². The number of hydrogen-bond donors (Lipinski definition) is 2. The highest BCUT2D eigenvalue weighted by molar-refractivity contribution is 7.90. The fraction of sp³-hybridized carbons (Fsp3) is 0.600. The summed E-state index contributed by atoms with van der Waals surface area (Å²) in [6, 6.07) is 8.19. The minimum Gasteiger partial charge on any atom is -0.310 e. The first-order valence-corrected chi connectivity index (χ1v) is 9.18. The van der Waals surface area contributed by atoms with Gasteiger partial charge in [0.2, 0.25) is 0 Å². The van der Waals surface area contributed by atoms with Gasteiger partial charge in [0, 0.05) is 18.6 Å². The number of nitrogens with zero attached hydrogens (tertiary/aromatic N) is 1. The van der Waals surface area contributed by atoms with Crippen molar-refractivity contribution in [3.63, 3.8) is 0 Å². The van der Waals surface area contributed by atoms with Crippen LogP contribution in [0.5, 0.6) is 0 Å². The van der Waals surface area contributed by atoms with Gasteiger partial charge in [-0.05, 0) is 43.9 Å². The third-order valence-corrected chi connectivity index (χ3v) is 5.62. The van der Waals surface area contributed by atoms with Crippen LogP contribution in [0.2, 0.25) is 0 Å². The highest BCUT2D eigenvalue weighted by Crippen LogP contribution is 2.35. The summed E-state index contributed by atoms with van der Waals surface area (Å²) in [5, 5.41) is 3.51. The van der Waals surface area contributed by atoms with Gasteiger partial charge in [0.05, 0.1) is 5.69 Å². The second kappa shape index (κ2) is 5.94. The minimum absolute atomic E-state index is 0.137. The number of fused-ring (bicyclic) bond motifs is 1. The molecule has 2 N–H and O–H groups in total. The monoisotopic (exact) mass is 309 g/mol. The molecule has 1 aliphatic carbocycles. The normalized spacial score (nSPS) is 22.1. The first kappa shape index (κ1) is 14.8. The molecule has 1 unspecified atom stereocenters. The summed E-state index contributed by atoms with van der Waals surface area (Å²) < 4.78 is 29.3. The number of rotatable bonds is 6. The summed E-state index contributed by atoms with van der Waals surface area (Å²) in [7, 11) is -3.42. The van der Waals surface area contributed by atoms with Gasteiger partial charge >= 0.3 is 10.2 Å². The Labute approximate surface area is 126 Å². The molecule has 1 atom stereocenters. The van der Waals surface area contributed by atoms with Crippen LogP contribution in [0.15, 0.2) is 24.3 Å². The molecule has 0 radical (unpaired) electrons. The molecule has 1 saturated carbocycles. The van der Waals surface area contributed by atoms with Crippen LogP contribution in [-0.2, 0) is 10.2 Å². The Morgan fingerprint density at radius 2 is 2.00 bits per heavy atom. The molecule has 2 aliphatic rings. The summed E-state index contributed by atoms with van der Waals surface area (Å²) in [6.07, 6.45) is 3.79.